The lowest BCUT2D eigenvalue weighted by molar-refractivity contribution is 0.0697. The Morgan fingerprint density at radius 2 is 2.32 bits per heavy atom. The molecule has 1 aliphatic rings. The first-order valence-electron chi connectivity index (χ1n) is 7.64. The zero-order valence-corrected chi connectivity index (χ0v) is 12.6. The number of imidazole rings is 1. The molecule has 6 nitrogen and oxygen atoms in total. The number of hydrogen-bond donors (Lipinski definition) is 1. The predicted molar refractivity (Wildman–Crippen MR) is 83.3 cm³/mol. The van der Waals surface area contributed by atoms with Crippen molar-refractivity contribution in [1.82, 2.24) is 14.5 Å². The van der Waals surface area contributed by atoms with Gasteiger partial charge in [0.05, 0.1) is 11.7 Å². The Labute approximate surface area is 129 Å². The van der Waals surface area contributed by atoms with Gasteiger partial charge in [0.25, 0.3) is 0 Å². The summed E-state index contributed by atoms with van der Waals surface area (Å²) in [6.07, 6.45) is 9.97. The highest BCUT2D eigenvalue weighted by atomic mass is 16.4. The first-order chi connectivity index (χ1) is 10.7. The van der Waals surface area contributed by atoms with Crippen LogP contribution in [0.15, 0.2) is 30.9 Å². The van der Waals surface area contributed by atoms with Crippen LogP contribution < -0.4 is 4.90 Å². The molecule has 1 fully saturated rings. The molecule has 0 amide bonds. The van der Waals surface area contributed by atoms with Crippen molar-refractivity contribution in [3.8, 4) is 0 Å². The summed E-state index contributed by atoms with van der Waals surface area (Å²) in [4.78, 5) is 21.9. The molecule has 3 rings (SSSR count). The van der Waals surface area contributed by atoms with Gasteiger partial charge in [0, 0.05) is 44.3 Å². The molecule has 3 heterocycles. The number of carbonyl (C=O) groups is 1. The van der Waals surface area contributed by atoms with Gasteiger partial charge in [-0.25, -0.2) is 9.78 Å². The van der Waals surface area contributed by atoms with Gasteiger partial charge in [-0.1, -0.05) is 6.92 Å². The van der Waals surface area contributed by atoms with Crippen molar-refractivity contribution in [3.63, 3.8) is 0 Å². The van der Waals surface area contributed by atoms with Crippen LogP contribution in [-0.4, -0.2) is 38.7 Å². The number of hydrogen-bond acceptors (Lipinski definition) is 4. The van der Waals surface area contributed by atoms with E-state index in [1.54, 1.807) is 12.3 Å². The monoisotopic (exact) mass is 300 g/mol. The van der Waals surface area contributed by atoms with Crippen LogP contribution in [0, 0.1) is 0 Å². The molecule has 6 heteroatoms. The predicted octanol–water partition coefficient (Wildman–Crippen LogP) is 2.38. The average Bonchev–Trinajstić information content (AvgIpc) is 3.03. The molecule has 1 aliphatic heterocycles. The first-order valence-corrected chi connectivity index (χ1v) is 7.64. The minimum atomic E-state index is -0.929. The molecule has 1 unspecified atom stereocenters. The van der Waals surface area contributed by atoms with E-state index in [4.69, 9.17) is 0 Å². The molecule has 0 saturated carbocycles. The summed E-state index contributed by atoms with van der Waals surface area (Å²) in [6, 6.07) is 2.13. The number of carboxylic acids is 1. The molecule has 1 atom stereocenters. The average molecular weight is 300 g/mol. The van der Waals surface area contributed by atoms with Crippen molar-refractivity contribution < 1.29 is 9.90 Å². The van der Waals surface area contributed by atoms with E-state index < -0.39 is 5.97 Å². The minimum Gasteiger partial charge on any atom is -0.478 e. The number of aryl methyl sites for hydroxylation is 1. The van der Waals surface area contributed by atoms with Gasteiger partial charge in [-0.15, -0.1) is 0 Å². The summed E-state index contributed by atoms with van der Waals surface area (Å²) >= 11 is 0. The Kier molecular flexibility index (Phi) is 4.09. The van der Waals surface area contributed by atoms with Gasteiger partial charge in [-0.3, -0.25) is 4.98 Å². The zero-order valence-electron chi connectivity index (χ0n) is 12.6. The quantitative estimate of drug-likeness (QED) is 0.938. The summed E-state index contributed by atoms with van der Waals surface area (Å²) in [5, 5.41) is 9.35. The van der Waals surface area contributed by atoms with Crippen LogP contribution >= 0.6 is 0 Å². The molecular formula is C16H20N4O2. The van der Waals surface area contributed by atoms with Crippen LogP contribution in [0.1, 0.15) is 42.0 Å². The van der Waals surface area contributed by atoms with Crippen LogP contribution in [0.4, 0.5) is 5.69 Å². The smallest absolute Gasteiger partial charge is 0.339 e. The van der Waals surface area contributed by atoms with Crippen LogP contribution in [0.25, 0.3) is 0 Å². The third-order valence-corrected chi connectivity index (χ3v) is 4.22. The van der Waals surface area contributed by atoms with E-state index in [-0.39, 0.29) is 5.56 Å². The number of carboxylic acid groups (broad SMARTS) is 1. The normalized spacial score (nSPS) is 18.4. The van der Waals surface area contributed by atoms with Crippen LogP contribution in [0.2, 0.25) is 0 Å². The van der Waals surface area contributed by atoms with Crippen molar-refractivity contribution in [2.45, 2.75) is 32.2 Å². The molecule has 0 aromatic carbocycles. The highest BCUT2D eigenvalue weighted by molar-refractivity contribution is 5.94. The fourth-order valence-corrected chi connectivity index (χ4v) is 3.18. The summed E-state index contributed by atoms with van der Waals surface area (Å²) in [7, 11) is 0. The van der Waals surface area contributed by atoms with Crippen molar-refractivity contribution in [2.75, 3.05) is 18.0 Å². The second kappa shape index (κ2) is 6.17. The van der Waals surface area contributed by atoms with Gasteiger partial charge in [0.15, 0.2) is 0 Å². The highest BCUT2D eigenvalue weighted by Crippen LogP contribution is 2.29. The van der Waals surface area contributed by atoms with Crippen molar-refractivity contribution in [1.29, 1.82) is 0 Å². The summed E-state index contributed by atoms with van der Waals surface area (Å²) in [5.41, 5.74) is 1.02. The van der Waals surface area contributed by atoms with E-state index in [0.29, 0.717) is 6.04 Å². The molecule has 1 N–H and O–H groups in total. The molecule has 0 spiro atoms. The Balaban J connectivity index is 1.86. The molecule has 116 valence electrons. The van der Waals surface area contributed by atoms with Gasteiger partial charge in [0.1, 0.15) is 11.4 Å². The molecular weight excluding hydrogens is 280 g/mol. The lowest BCUT2D eigenvalue weighted by atomic mass is 10.0. The van der Waals surface area contributed by atoms with Gasteiger partial charge in [-0.05, 0) is 18.9 Å². The van der Waals surface area contributed by atoms with Crippen molar-refractivity contribution >= 4 is 11.7 Å². The van der Waals surface area contributed by atoms with E-state index in [2.05, 4.69) is 26.4 Å². The van der Waals surface area contributed by atoms with Gasteiger partial charge in [-0.2, -0.15) is 0 Å². The molecule has 22 heavy (non-hydrogen) atoms. The topological polar surface area (TPSA) is 71.2 Å². The van der Waals surface area contributed by atoms with Gasteiger partial charge in [0.2, 0.25) is 0 Å². The molecule has 2 aromatic rings. The molecule has 0 bridgehead atoms. The summed E-state index contributed by atoms with van der Waals surface area (Å²) in [5.74, 6) is 0.155. The Morgan fingerprint density at radius 1 is 1.45 bits per heavy atom. The lowest BCUT2D eigenvalue weighted by Crippen LogP contribution is -2.37. The Hall–Kier alpha value is -2.37. The lowest BCUT2D eigenvalue weighted by Gasteiger charge is -2.36. The van der Waals surface area contributed by atoms with Crippen molar-refractivity contribution in [3.05, 3.63) is 42.2 Å². The maximum absolute atomic E-state index is 11.4. The third-order valence-electron chi connectivity index (χ3n) is 4.22. The van der Waals surface area contributed by atoms with E-state index in [1.165, 1.54) is 6.20 Å². The van der Waals surface area contributed by atoms with Crippen molar-refractivity contribution in [2.24, 2.45) is 0 Å². The number of anilines is 1. The molecule has 2 aromatic heterocycles. The van der Waals surface area contributed by atoms with Gasteiger partial charge >= 0.3 is 5.97 Å². The number of pyridine rings is 1. The Bertz CT molecular complexity index is 668. The number of aromatic carboxylic acids is 1. The fraction of sp³-hybridized carbons (Fsp3) is 0.438. The molecule has 1 saturated heterocycles. The van der Waals surface area contributed by atoms with Crippen LogP contribution in [-0.2, 0) is 6.42 Å². The number of piperidine rings is 1. The molecule has 0 radical (unpaired) electrons. The van der Waals surface area contributed by atoms with E-state index >= 15 is 0 Å². The number of aromatic nitrogens is 3. The maximum atomic E-state index is 11.4. The SMILES string of the molecule is CCc1nccn1C1CCCN(c2ccncc2C(=O)O)C1. The standard InChI is InChI=1S/C16H20N4O2/c1-2-15-18-7-9-20(15)12-4-3-8-19(11-12)14-5-6-17-10-13(14)16(21)22/h5-7,9-10,12H,2-4,8,11H2,1H3,(H,21,22). The second-order valence-corrected chi connectivity index (χ2v) is 5.54. The minimum absolute atomic E-state index is 0.268. The van der Waals surface area contributed by atoms with E-state index in [1.807, 2.05) is 12.4 Å². The molecule has 0 aliphatic carbocycles. The van der Waals surface area contributed by atoms with E-state index in [0.717, 1.165) is 43.9 Å². The largest absolute Gasteiger partial charge is 0.478 e. The second-order valence-electron chi connectivity index (χ2n) is 5.54. The maximum Gasteiger partial charge on any atom is 0.339 e. The number of nitrogens with zero attached hydrogens (tertiary/aromatic N) is 4. The summed E-state index contributed by atoms with van der Waals surface area (Å²) in [6.45, 7) is 3.77. The third kappa shape index (κ3) is 2.68. The highest BCUT2D eigenvalue weighted by Gasteiger charge is 2.25. The fourth-order valence-electron chi connectivity index (χ4n) is 3.18. The zero-order chi connectivity index (χ0) is 15.5. The van der Waals surface area contributed by atoms with Crippen LogP contribution in [0.5, 0.6) is 0 Å². The number of rotatable bonds is 4. The van der Waals surface area contributed by atoms with E-state index in [9.17, 15) is 9.90 Å². The first kappa shape index (κ1) is 14.6. The van der Waals surface area contributed by atoms with Gasteiger partial charge < -0.3 is 14.6 Å². The summed E-state index contributed by atoms with van der Waals surface area (Å²) < 4.78 is 2.23. The van der Waals surface area contributed by atoms with Crippen LogP contribution in [0.3, 0.4) is 0 Å². The Morgan fingerprint density at radius 3 is 3.09 bits per heavy atom.